The summed E-state index contributed by atoms with van der Waals surface area (Å²) in [6, 6.07) is 11.1. The van der Waals surface area contributed by atoms with E-state index in [0.29, 0.717) is 17.3 Å². The van der Waals surface area contributed by atoms with E-state index in [1.807, 2.05) is 38.1 Å². The lowest BCUT2D eigenvalue weighted by atomic mass is 10.1. The lowest BCUT2D eigenvalue weighted by molar-refractivity contribution is -0.122. The number of rotatable bonds is 3. The number of carbonyl (C=O) groups excluding carboxylic acids is 2. The van der Waals surface area contributed by atoms with Crippen LogP contribution in [0.1, 0.15) is 17.5 Å². The highest BCUT2D eigenvalue weighted by molar-refractivity contribution is 9.10. The van der Waals surface area contributed by atoms with Crippen LogP contribution in [0.5, 0.6) is 0 Å². The summed E-state index contributed by atoms with van der Waals surface area (Å²) in [4.78, 5) is 26.7. The zero-order valence-electron chi connectivity index (χ0n) is 14.0. The number of nitrogens with zero attached hydrogens (tertiary/aromatic N) is 1. The van der Waals surface area contributed by atoms with E-state index in [1.165, 1.54) is 0 Å². The van der Waals surface area contributed by atoms with E-state index in [0.717, 1.165) is 21.3 Å². The van der Waals surface area contributed by atoms with Gasteiger partial charge in [0.25, 0.3) is 0 Å². The molecule has 6 heteroatoms. The predicted molar refractivity (Wildman–Crippen MR) is 104 cm³/mol. The zero-order chi connectivity index (χ0) is 18.1. The van der Waals surface area contributed by atoms with Crippen molar-refractivity contribution in [1.29, 1.82) is 0 Å². The minimum Gasteiger partial charge on any atom is -0.324 e. The quantitative estimate of drug-likeness (QED) is 0.780. The SMILES string of the molecule is Cc1cccc(N2C[C@H](C(=O)Nc3ccc(Br)cc3Cl)CC2=O)c1C. The molecule has 2 amide bonds. The minimum atomic E-state index is -0.396. The Kier molecular flexibility index (Phi) is 5.16. The number of aryl methyl sites for hydroxylation is 1. The average molecular weight is 422 g/mol. The molecular formula is C19H18BrClN2O2. The molecule has 2 aromatic rings. The van der Waals surface area contributed by atoms with Gasteiger partial charge in [-0.1, -0.05) is 39.7 Å². The molecule has 1 aliphatic rings. The first-order chi connectivity index (χ1) is 11.9. The molecule has 1 N–H and O–H groups in total. The Morgan fingerprint density at radius 2 is 2.04 bits per heavy atom. The number of hydrogen-bond donors (Lipinski definition) is 1. The molecule has 1 fully saturated rings. The molecular weight excluding hydrogens is 404 g/mol. The van der Waals surface area contributed by atoms with Crippen molar-refractivity contribution in [3.8, 4) is 0 Å². The molecule has 0 saturated carbocycles. The molecule has 0 bridgehead atoms. The Morgan fingerprint density at radius 3 is 2.76 bits per heavy atom. The maximum atomic E-state index is 12.6. The van der Waals surface area contributed by atoms with Crippen LogP contribution in [-0.2, 0) is 9.59 Å². The fourth-order valence-corrected chi connectivity index (χ4v) is 3.69. The average Bonchev–Trinajstić information content (AvgIpc) is 2.94. The molecule has 25 heavy (non-hydrogen) atoms. The first-order valence-corrected chi connectivity index (χ1v) is 9.16. The van der Waals surface area contributed by atoms with Crippen LogP contribution in [0.2, 0.25) is 5.02 Å². The number of amides is 2. The van der Waals surface area contributed by atoms with Crippen LogP contribution in [-0.4, -0.2) is 18.4 Å². The highest BCUT2D eigenvalue weighted by atomic mass is 79.9. The topological polar surface area (TPSA) is 49.4 Å². The Hall–Kier alpha value is -1.85. The third-order valence-electron chi connectivity index (χ3n) is 4.55. The van der Waals surface area contributed by atoms with Gasteiger partial charge in [-0.3, -0.25) is 9.59 Å². The number of anilines is 2. The molecule has 0 aliphatic carbocycles. The summed E-state index contributed by atoms with van der Waals surface area (Å²) in [5, 5.41) is 3.28. The predicted octanol–water partition coefficient (Wildman–Crippen LogP) is 4.71. The maximum Gasteiger partial charge on any atom is 0.229 e. The third-order valence-corrected chi connectivity index (χ3v) is 5.36. The lowest BCUT2D eigenvalue weighted by Gasteiger charge is -2.20. The van der Waals surface area contributed by atoms with E-state index in [1.54, 1.807) is 17.0 Å². The lowest BCUT2D eigenvalue weighted by Crippen LogP contribution is -2.28. The standard InChI is InChI=1S/C19H18BrClN2O2/c1-11-4-3-5-17(12(11)2)23-10-13(8-18(23)24)19(25)22-16-7-6-14(20)9-15(16)21/h3-7,9,13H,8,10H2,1-2H3,(H,22,25)/t13-/m1/s1. The summed E-state index contributed by atoms with van der Waals surface area (Å²) < 4.78 is 0.840. The molecule has 0 aromatic heterocycles. The number of halogens is 2. The summed E-state index contributed by atoms with van der Waals surface area (Å²) in [5.41, 5.74) is 3.61. The largest absolute Gasteiger partial charge is 0.324 e. The van der Waals surface area contributed by atoms with Gasteiger partial charge in [0.2, 0.25) is 11.8 Å². The minimum absolute atomic E-state index is 0.0317. The van der Waals surface area contributed by atoms with E-state index < -0.39 is 5.92 Å². The summed E-state index contributed by atoms with van der Waals surface area (Å²) in [6.45, 7) is 4.38. The molecule has 0 unspecified atom stereocenters. The van der Waals surface area contributed by atoms with Gasteiger partial charge in [-0.15, -0.1) is 0 Å². The molecule has 3 rings (SSSR count). The number of carbonyl (C=O) groups is 2. The molecule has 0 spiro atoms. The molecule has 2 aromatic carbocycles. The first kappa shape index (κ1) is 18.0. The smallest absolute Gasteiger partial charge is 0.229 e. The number of benzene rings is 2. The summed E-state index contributed by atoms with van der Waals surface area (Å²) in [5.74, 6) is -0.617. The Labute approximate surface area is 160 Å². The van der Waals surface area contributed by atoms with Crippen molar-refractivity contribution in [1.82, 2.24) is 0 Å². The first-order valence-electron chi connectivity index (χ1n) is 7.99. The van der Waals surface area contributed by atoms with Crippen LogP contribution >= 0.6 is 27.5 Å². The van der Waals surface area contributed by atoms with Crippen molar-refractivity contribution in [3.05, 3.63) is 57.0 Å². The van der Waals surface area contributed by atoms with E-state index in [2.05, 4.69) is 21.2 Å². The third kappa shape index (κ3) is 3.72. The Balaban J connectivity index is 1.75. The van der Waals surface area contributed by atoms with E-state index in [-0.39, 0.29) is 18.2 Å². The van der Waals surface area contributed by atoms with Gasteiger partial charge in [-0.25, -0.2) is 0 Å². The van der Waals surface area contributed by atoms with Gasteiger partial charge >= 0.3 is 0 Å². The molecule has 1 atom stereocenters. The van der Waals surface area contributed by atoms with Crippen molar-refractivity contribution in [2.24, 2.45) is 5.92 Å². The van der Waals surface area contributed by atoms with E-state index in [9.17, 15) is 9.59 Å². The van der Waals surface area contributed by atoms with Gasteiger partial charge in [0.15, 0.2) is 0 Å². The normalized spacial score (nSPS) is 17.0. The van der Waals surface area contributed by atoms with Crippen molar-refractivity contribution >= 4 is 50.7 Å². The second-order valence-electron chi connectivity index (χ2n) is 6.24. The fourth-order valence-electron chi connectivity index (χ4n) is 2.97. The second-order valence-corrected chi connectivity index (χ2v) is 7.56. The molecule has 1 aliphatic heterocycles. The number of nitrogens with one attached hydrogen (secondary N) is 1. The van der Waals surface area contributed by atoms with Gasteiger partial charge in [0.1, 0.15) is 0 Å². The Morgan fingerprint density at radius 1 is 1.28 bits per heavy atom. The molecule has 0 radical (unpaired) electrons. The van der Waals surface area contributed by atoms with Crippen molar-refractivity contribution in [2.45, 2.75) is 20.3 Å². The Bertz CT molecular complexity index is 853. The van der Waals surface area contributed by atoms with Crippen LogP contribution in [0, 0.1) is 19.8 Å². The van der Waals surface area contributed by atoms with Crippen molar-refractivity contribution in [3.63, 3.8) is 0 Å². The van der Waals surface area contributed by atoms with Crippen LogP contribution in [0.25, 0.3) is 0 Å². The molecule has 1 heterocycles. The summed E-state index contributed by atoms with van der Waals surface area (Å²) in [7, 11) is 0. The number of hydrogen-bond acceptors (Lipinski definition) is 2. The summed E-state index contributed by atoms with van der Waals surface area (Å²) in [6.07, 6.45) is 0.202. The zero-order valence-corrected chi connectivity index (χ0v) is 16.3. The van der Waals surface area contributed by atoms with Gasteiger partial charge in [0.05, 0.1) is 16.6 Å². The van der Waals surface area contributed by atoms with Crippen LogP contribution in [0.4, 0.5) is 11.4 Å². The van der Waals surface area contributed by atoms with Gasteiger partial charge < -0.3 is 10.2 Å². The monoisotopic (exact) mass is 420 g/mol. The van der Waals surface area contributed by atoms with Crippen LogP contribution < -0.4 is 10.2 Å². The van der Waals surface area contributed by atoms with E-state index >= 15 is 0 Å². The van der Waals surface area contributed by atoms with Crippen molar-refractivity contribution < 1.29 is 9.59 Å². The fraction of sp³-hybridized carbons (Fsp3) is 0.263. The van der Waals surface area contributed by atoms with E-state index in [4.69, 9.17) is 11.6 Å². The summed E-state index contributed by atoms with van der Waals surface area (Å²) >= 11 is 9.48. The van der Waals surface area contributed by atoms with Crippen molar-refractivity contribution in [2.75, 3.05) is 16.8 Å². The molecule has 130 valence electrons. The molecule has 1 saturated heterocycles. The maximum absolute atomic E-state index is 12.6. The van der Waals surface area contributed by atoms with Gasteiger partial charge in [0, 0.05) is 23.1 Å². The molecule has 4 nitrogen and oxygen atoms in total. The highest BCUT2D eigenvalue weighted by Gasteiger charge is 2.35. The van der Waals surface area contributed by atoms with Crippen LogP contribution in [0.3, 0.4) is 0 Å². The van der Waals surface area contributed by atoms with Crippen LogP contribution in [0.15, 0.2) is 40.9 Å². The highest BCUT2D eigenvalue weighted by Crippen LogP contribution is 2.31. The van der Waals surface area contributed by atoms with Gasteiger partial charge in [-0.05, 0) is 49.2 Å². The van der Waals surface area contributed by atoms with Gasteiger partial charge in [-0.2, -0.15) is 0 Å². The second kappa shape index (κ2) is 7.18.